The Kier molecular flexibility index (Phi) is 3.62. The molecule has 0 heterocycles. The highest BCUT2D eigenvalue weighted by Gasteiger charge is 1.81. The zero-order valence-corrected chi connectivity index (χ0v) is 5.57. The minimum Gasteiger partial charge on any atom is -0.387 e. The monoisotopic (exact) mass is 129 g/mol. The Balaban J connectivity index is 3.60. The summed E-state index contributed by atoms with van der Waals surface area (Å²) in [7, 11) is 0. The van der Waals surface area contributed by atoms with Gasteiger partial charge in [-0.25, -0.2) is 9.98 Å². The summed E-state index contributed by atoms with van der Waals surface area (Å²) in [6, 6.07) is 0. The van der Waals surface area contributed by atoms with Gasteiger partial charge in [0, 0.05) is 0 Å². The highest BCUT2D eigenvalue weighted by atomic mass is 16.3. The minimum atomic E-state index is -0.701. The summed E-state index contributed by atoms with van der Waals surface area (Å²) in [5, 5.41) is 8.56. The van der Waals surface area contributed by atoms with Crippen molar-refractivity contribution in [1.29, 1.82) is 0 Å². The number of aliphatic imine (C=N–C) groups is 2. The average Bonchev–Trinajstić information content (AvgIpc) is 1.63. The second kappa shape index (κ2) is 4.03. The van der Waals surface area contributed by atoms with Gasteiger partial charge in [-0.15, -0.1) is 0 Å². The molecule has 0 amide bonds. The van der Waals surface area contributed by atoms with E-state index in [9.17, 15) is 0 Å². The molecule has 4 nitrogen and oxygen atoms in total. The lowest BCUT2D eigenvalue weighted by molar-refractivity contribution is 0.206. The quantitative estimate of drug-likeness (QED) is 0.398. The van der Waals surface area contributed by atoms with Gasteiger partial charge in [-0.1, -0.05) is 0 Å². The summed E-state index contributed by atoms with van der Waals surface area (Å²) in [5.74, 6) is 0.430. The summed E-state index contributed by atoms with van der Waals surface area (Å²) < 4.78 is 0. The Morgan fingerprint density at radius 2 is 2.33 bits per heavy atom. The third kappa shape index (κ3) is 7.10. The summed E-state index contributed by atoms with van der Waals surface area (Å²) >= 11 is 0. The Hall–Kier alpha value is -0.900. The molecule has 0 spiro atoms. The van der Waals surface area contributed by atoms with Crippen molar-refractivity contribution < 1.29 is 5.11 Å². The number of nitrogens with zero attached hydrogens (tertiary/aromatic N) is 2. The molecule has 0 saturated carbocycles. The van der Waals surface area contributed by atoms with Crippen molar-refractivity contribution in [1.82, 2.24) is 0 Å². The van der Waals surface area contributed by atoms with E-state index in [-0.39, 0.29) is 0 Å². The number of hydrogen-bond donors (Lipinski definition) is 2. The molecule has 9 heavy (non-hydrogen) atoms. The van der Waals surface area contributed by atoms with E-state index in [1.807, 2.05) is 0 Å². The standard InChI is InChI=1S/C5H11N3O/c1-4(6)7-3-8-5(2)9/h3,5,9H,1-2H3,(H2,6,7,8). The summed E-state index contributed by atoms with van der Waals surface area (Å²) in [4.78, 5) is 7.14. The van der Waals surface area contributed by atoms with Gasteiger partial charge in [0.2, 0.25) is 0 Å². The minimum absolute atomic E-state index is 0.430. The number of hydrogen-bond acceptors (Lipinski definition) is 2. The van der Waals surface area contributed by atoms with Gasteiger partial charge in [-0.2, -0.15) is 0 Å². The van der Waals surface area contributed by atoms with Gasteiger partial charge < -0.3 is 10.8 Å². The number of aliphatic hydroxyl groups excluding tert-OH is 1. The maximum atomic E-state index is 8.56. The molecule has 4 heteroatoms. The number of rotatable bonds is 2. The third-order valence-electron chi connectivity index (χ3n) is 0.544. The van der Waals surface area contributed by atoms with Gasteiger partial charge in [0.15, 0.2) is 0 Å². The second-order valence-electron chi connectivity index (χ2n) is 1.67. The summed E-state index contributed by atoms with van der Waals surface area (Å²) in [6.45, 7) is 3.19. The van der Waals surface area contributed by atoms with Gasteiger partial charge in [0.25, 0.3) is 0 Å². The Morgan fingerprint density at radius 3 is 2.67 bits per heavy atom. The lowest BCUT2D eigenvalue weighted by Gasteiger charge is -1.89. The SMILES string of the molecule is CC(N)=NC=NC(C)O. The van der Waals surface area contributed by atoms with Crippen LogP contribution in [0.25, 0.3) is 0 Å². The van der Waals surface area contributed by atoms with Crippen LogP contribution in [0.5, 0.6) is 0 Å². The number of nitrogens with two attached hydrogens (primary N) is 1. The zero-order chi connectivity index (χ0) is 7.28. The predicted molar refractivity (Wildman–Crippen MR) is 37.5 cm³/mol. The lowest BCUT2D eigenvalue weighted by Crippen LogP contribution is -2.05. The fourth-order valence-electron chi connectivity index (χ4n) is 0.221. The van der Waals surface area contributed by atoms with Crippen LogP contribution in [-0.4, -0.2) is 23.5 Å². The molecule has 0 aromatic carbocycles. The van der Waals surface area contributed by atoms with Crippen molar-refractivity contribution >= 4 is 12.2 Å². The largest absolute Gasteiger partial charge is 0.387 e. The molecular formula is C5H11N3O. The van der Waals surface area contributed by atoms with E-state index in [1.165, 1.54) is 13.3 Å². The highest BCUT2D eigenvalue weighted by molar-refractivity contribution is 5.85. The van der Waals surface area contributed by atoms with Crippen molar-refractivity contribution in [2.45, 2.75) is 20.1 Å². The smallest absolute Gasteiger partial charge is 0.144 e. The molecule has 0 radical (unpaired) electrons. The number of aliphatic hydroxyl groups is 1. The van der Waals surface area contributed by atoms with Gasteiger partial charge >= 0.3 is 0 Å². The maximum absolute atomic E-state index is 8.56. The number of amidine groups is 1. The van der Waals surface area contributed by atoms with Crippen molar-refractivity contribution in [2.75, 3.05) is 0 Å². The van der Waals surface area contributed by atoms with Crippen LogP contribution in [0, 0.1) is 0 Å². The first-order valence-corrected chi connectivity index (χ1v) is 2.62. The molecule has 0 saturated heterocycles. The van der Waals surface area contributed by atoms with Crippen LogP contribution in [0.3, 0.4) is 0 Å². The Morgan fingerprint density at radius 1 is 1.78 bits per heavy atom. The van der Waals surface area contributed by atoms with Gasteiger partial charge in [-0.05, 0) is 13.8 Å². The van der Waals surface area contributed by atoms with Gasteiger partial charge in [0.1, 0.15) is 12.6 Å². The molecule has 0 aliphatic carbocycles. The first kappa shape index (κ1) is 8.10. The van der Waals surface area contributed by atoms with E-state index < -0.39 is 6.23 Å². The molecule has 1 unspecified atom stereocenters. The molecule has 0 fully saturated rings. The topological polar surface area (TPSA) is 71.0 Å². The van der Waals surface area contributed by atoms with Crippen LogP contribution in [0.2, 0.25) is 0 Å². The van der Waals surface area contributed by atoms with E-state index in [1.54, 1.807) is 6.92 Å². The van der Waals surface area contributed by atoms with E-state index in [0.717, 1.165) is 0 Å². The fourth-order valence-corrected chi connectivity index (χ4v) is 0.221. The van der Waals surface area contributed by atoms with Gasteiger partial charge in [0.05, 0.1) is 5.84 Å². The Bertz CT molecular complexity index is 124. The second-order valence-corrected chi connectivity index (χ2v) is 1.67. The fraction of sp³-hybridized carbons (Fsp3) is 0.600. The molecule has 0 aliphatic heterocycles. The van der Waals surface area contributed by atoms with Crippen LogP contribution in [0.1, 0.15) is 13.8 Å². The van der Waals surface area contributed by atoms with Crippen molar-refractivity contribution in [3.8, 4) is 0 Å². The molecule has 3 N–H and O–H groups in total. The molecule has 0 aromatic rings. The van der Waals surface area contributed by atoms with Crippen LogP contribution in [0.15, 0.2) is 9.98 Å². The normalized spacial score (nSPS) is 16.6. The maximum Gasteiger partial charge on any atom is 0.144 e. The average molecular weight is 129 g/mol. The van der Waals surface area contributed by atoms with E-state index >= 15 is 0 Å². The molecule has 52 valence electrons. The summed E-state index contributed by atoms with van der Waals surface area (Å²) in [5.41, 5.74) is 5.16. The summed E-state index contributed by atoms with van der Waals surface area (Å²) in [6.07, 6.45) is 0.535. The Labute approximate surface area is 54.1 Å². The van der Waals surface area contributed by atoms with Crippen LogP contribution >= 0.6 is 0 Å². The molecule has 0 aromatic heterocycles. The highest BCUT2D eigenvalue weighted by Crippen LogP contribution is 1.77. The van der Waals surface area contributed by atoms with Crippen molar-refractivity contribution in [2.24, 2.45) is 15.7 Å². The van der Waals surface area contributed by atoms with Crippen molar-refractivity contribution in [3.05, 3.63) is 0 Å². The zero-order valence-electron chi connectivity index (χ0n) is 5.57. The third-order valence-corrected chi connectivity index (χ3v) is 0.544. The van der Waals surface area contributed by atoms with E-state index in [2.05, 4.69) is 9.98 Å². The molecule has 0 bridgehead atoms. The van der Waals surface area contributed by atoms with Crippen LogP contribution < -0.4 is 5.73 Å². The molecule has 0 rings (SSSR count). The van der Waals surface area contributed by atoms with Crippen LogP contribution in [0.4, 0.5) is 0 Å². The van der Waals surface area contributed by atoms with Gasteiger partial charge in [-0.3, -0.25) is 0 Å². The lowest BCUT2D eigenvalue weighted by atomic mass is 10.7. The molecule has 1 atom stereocenters. The predicted octanol–water partition coefficient (Wildman–Crippen LogP) is -0.270. The first-order valence-electron chi connectivity index (χ1n) is 2.62. The van der Waals surface area contributed by atoms with Crippen molar-refractivity contribution in [3.63, 3.8) is 0 Å². The molecule has 0 aliphatic rings. The first-order chi connectivity index (χ1) is 4.13. The van der Waals surface area contributed by atoms with E-state index in [0.29, 0.717) is 5.84 Å². The molecular weight excluding hydrogens is 118 g/mol. The van der Waals surface area contributed by atoms with Crippen LogP contribution in [-0.2, 0) is 0 Å². The van der Waals surface area contributed by atoms with E-state index in [4.69, 9.17) is 10.8 Å².